The smallest absolute Gasteiger partial charge is 0.124 e. The van der Waals surface area contributed by atoms with Crippen molar-refractivity contribution in [3.05, 3.63) is 28.2 Å². The summed E-state index contributed by atoms with van der Waals surface area (Å²) in [4.78, 5) is 2.59. The number of benzene rings is 1. The monoisotopic (exact) mass is 310 g/mol. The van der Waals surface area contributed by atoms with Gasteiger partial charge in [-0.2, -0.15) is 0 Å². The third-order valence-electron chi connectivity index (χ3n) is 3.88. The number of piperazine rings is 1. The highest BCUT2D eigenvalue weighted by Crippen LogP contribution is 2.40. The van der Waals surface area contributed by atoms with Gasteiger partial charge in [0.2, 0.25) is 0 Å². The van der Waals surface area contributed by atoms with Crippen molar-refractivity contribution >= 4 is 15.9 Å². The molecule has 0 aliphatic carbocycles. The van der Waals surface area contributed by atoms with Gasteiger partial charge >= 0.3 is 0 Å². The van der Waals surface area contributed by atoms with Crippen molar-refractivity contribution in [1.82, 2.24) is 10.2 Å². The number of rotatable bonds is 1. The van der Waals surface area contributed by atoms with Gasteiger partial charge in [0.1, 0.15) is 5.75 Å². The van der Waals surface area contributed by atoms with Gasteiger partial charge in [0.25, 0.3) is 0 Å². The molecule has 1 fully saturated rings. The molecule has 1 aromatic rings. The van der Waals surface area contributed by atoms with Crippen LogP contribution in [-0.4, -0.2) is 37.7 Å². The molecule has 98 valence electrons. The molecule has 3 nitrogen and oxygen atoms in total. The molecule has 0 spiro atoms. The van der Waals surface area contributed by atoms with Gasteiger partial charge in [-0.1, -0.05) is 22.9 Å². The number of hydrogen-bond acceptors (Lipinski definition) is 3. The van der Waals surface area contributed by atoms with E-state index in [9.17, 15) is 0 Å². The molecule has 2 atom stereocenters. The number of hydrogen-bond donors (Lipinski definition) is 1. The Morgan fingerprint density at radius 2 is 2.11 bits per heavy atom. The second-order valence-electron chi connectivity index (χ2n) is 5.20. The average molecular weight is 311 g/mol. The number of fused-ring (bicyclic) bond motifs is 1. The van der Waals surface area contributed by atoms with Gasteiger partial charge in [0, 0.05) is 48.2 Å². The lowest BCUT2D eigenvalue weighted by molar-refractivity contribution is 0.0801. The first kappa shape index (κ1) is 12.5. The summed E-state index contributed by atoms with van der Waals surface area (Å²) in [7, 11) is 0. The van der Waals surface area contributed by atoms with Crippen LogP contribution < -0.4 is 10.1 Å². The van der Waals surface area contributed by atoms with Crippen molar-refractivity contribution in [2.24, 2.45) is 5.92 Å². The van der Waals surface area contributed by atoms with Gasteiger partial charge in [-0.15, -0.1) is 0 Å². The molecule has 2 unspecified atom stereocenters. The van der Waals surface area contributed by atoms with Crippen LogP contribution in [0.5, 0.6) is 5.75 Å². The number of ether oxygens (including phenoxy) is 1. The van der Waals surface area contributed by atoms with Crippen molar-refractivity contribution in [2.45, 2.75) is 13.0 Å². The molecule has 1 aromatic carbocycles. The van der Waals surface area contributed by atoms with Gasteiger partial charge in [-0.3, -0.25) is 4.90 Å². The second-order valence-corrected chi connectivity index (χ2v) is 6.12. The third kappa shape index (κ3) is 2.29. The molecule has 3 rings (SSSR count). The summed E-state index contributed by atoms with van der Waals surface area (Å²) in [6, 6.07) is 6.86. The van der Waals surface area contributed by atoms with Crippen molar-refractivity contribution < 1.29 is 4.74 Å². The summed E-state index contributed by atoms with van der Waals surface area (Å²) in [6.45, 7) is 7.54. The Hall–Kier alpha value is -0.580. The fraction of sp³-hybridized carbons (Fsp3) is 0.571. The first-order valence-electron chi connectivity index (χ1n) is 6.63. The number of nitrogens with zero attached hydrogens (tertiary/aromatic N) is 1. The predicted octanol–water partition coefficient (Wildman–Crippen LogP) is 2.42. The highest BCUT2D eigenvalue weighted by Gasteiger charge is 2.33. The first-order chi connectivity index (χ1) is 8.75. The summed E-state index contributed by atoms with van der Waals surface area (Å²) in [5.41, 5.74) is 1.34. The van der Waals surface area contributed by atoms with E-state index in [1.165, 1.54) is 5.56 Å². The maximum atomic E-state index is 5.85. The van der Waals surface area contributed by atoms with E-state index >= 15 is 0 Å². The molecule has 0 bridgehead atoms. The molecule has 2 aliphatic rings. The maximum absolute atomic E-state index is 5.85. The lowest BCUT2D eigenvalue weighted by Crippen LogP contribution is -2.48. The van der Waals surface area contributed by atoms with E-state index in [0.29, 0.717) is 12.0 Å². The van der Waals surface area contributed by atoms with Crippen molar-refractivity contribution in [1.29, 1.82) is 0 Å². The van der Waals surface area contributed by atoms with Crippen LogP contribution in [0.1, 0.15) is 18.5 Å². The summed E-state index contributed by atoms with van der Waals surface area (Å²) in [5, 5.41) is 3.42. The van der Waals surface area contributed by atoms with Crippen molar-refractivity contribution in [2.75, 3.05) is 32.8 Å². The molecule has 0 aromatic heterocycles. The minimum absolute atomic E-state index is 0.494. The molecule has 4 heteroatoms. The van der Waals surface area contributed by atoms with Gasteiger partial charge in [0.05, 0.1) is 6.61 Å². The van der Waals surface area contributed by atoms with Crippen LogP contribution in [-0.2, 0) is 0 Å². The first-order valence-corrected chi connectivity index (χ1v) is 7.42. The van der Waals surface area contributed by atoms with Crippen LogP contribution in [0.3, 0.4) is 0 Å². The second kappa shape index (κ2) is 5.19. The third-order valence-corrected chi connectivity index (χ3v) is 4.37. The molecule has 2 heterocycles. The zero-order valence-corrected chi connectivity index (χ0v) is 12.2. The molecular formula is C14H19BrN2O. The molecule has 2 aliphatic heterocycles. The van der Waals surface area contributed by atoms with Gasteiger partial charge in [-0.05, 0) is 18.2 Å². The highest BCUT2D eigenvalue weighted by atomic mass is 79.9. The molecule has 0 amide bonds. The van der Waals surface area contributed by atoms with E-state index in [-0.39, 0.29) is 0 Å². The van der Waals surface area contributed by atoms with Crippen LogP contribution in [0.15, 0.2) is 22.7 Å². The van der Waals surface area contributed by atoms with Gasteiger partial charge in [-0.25, -0.2) is 0 Å². The van der Waals surface area contributed by atoms with E-state index in [4.69, 9.17) is 4.74 Å². The minimum atomic E-state index is 0.494. The van der Waals surface area contributed by atoms with Crippen LogP contribution in [0.25, 0.3) is 0 Å². The highest BCUT2D eigenvalue weighted by molar-refractivity contribution is 9.10. The molecule has 0 saturated carbocycles. The Morgan fingerprint density at radius 1 is 1.33 bits per heavy atom. The summed E-state index contributed by atoms with van der Waals surface area (Å²) in [6.07, 6.45) is 0. The van der Waals surface area contributed by atoms with Crippen LogP contribution in [0, 0.1) is 5.92 Å². The van der Waals surface area contributed by atoms with Gasteiger partial charge in [0.15, 0.2) is 0 Å². The number of halogens is 1. The molecule has 1 saturated heterocycles. The maximum Gasteiger partial charge on any atom is 0.124 e. The lowest BCUT2D eigenvalue weighted by atomic mass is 9.90. The van der Waals surface area contributed by atoms with E-state index in [2.05, 4.69) is 51.3 Å². The van der Waals surface area contributed by atoms with Crippen molar-refractivity contribution in [3.63, 3.8) is 0 Å². The predicted molar refractivity (Wildman–Crippen MR) is 76.0 cm³/mol. The summed E-state index contributed by atoms with van der Waals surface area (Å²) < 4.78 is 6.99. The zero-order valence-electron chi connectivity index (χ0n) is 10.7. The van der Waals surface area contributed by atoms with E-state index in [1.807, 2.05) is 0 Å². The Balaban J connectivity index is 1.95. The quantitative estimate of drug-likeness (QED) is 0.862. The Labute approximate surface area is 117 Å². The fourth-order valence-electron chi connectivity index (χ4n) is 3.02. The molecule has 0 radical (unpaired) electrons. The number of nitrogens with one attached hydrogen (secondary N) is 1. The lowest BCUT2D eigenvalue weighted by Gasteiger charge is -2.41. The molecule has 1 N–H and O–H groups in total. The van der Waals surface area contributed by atoms with Crippen LogP contribution in [0.4, 0.5) is 0 Å². The fourth-order valence-corrected chi connectivity index (χ4v) is 3.40. The van der Waals surface area contributed by atoms with Crippen molar-refractivity contribution in [3.8, 4) is 5.75 Å². The molecule has 18 heavy (non-hydrogen) atoms. The summed E-state index contributed by atoms with van der Waals surface area (Å²) >= 11 is 3.58. The Bertz CT molecular complexity index is 432. The average Bonchev–Trinajstić information content (AvgIpc) is 2.39. The van der Waals surface area contributed by atoms with Gasteiger partial charge < -0.3 is 10.1 Å². The normalized spacial score (nSPS) is 28.6. The van der Waals surface area contributed by atoms with E-state index in [1.54, 1.807) is 0 Å². The van der Waals surface area contributed by atoms with Crippen LogP contribution in [0.2, 0.25) is 0 Å². The Morgan fingerprint density at radius 3 is 2.89 bits per heavy atom. The SMILES string of the molecule is CC1COc2ccc(Br)cc2C1N1CCNCC1. The van der Waals surface area contributed by atoms with E-state index < -0.39 is 0 Å². The van der Waals surface area contributed by atoms with Crippen LogP contribution >= 0.6 is 15.9 Å². The Kier molecular flexibility index (Phi) is 3.59. The summed E-state index contributed by atoms with van der Waals surface area (Å²) in [5.74, 6) is 1.60. The van der Waals surface area contributed by atoms with E-state index in [0.717, 1.165) is 43.0 Å². The largest absolute Gasteiger partial charge is 0.493 e. The standard InChI is InChI=1S/C14H19BrN2O/c1-10-9-18-13-3-2-11(15)8-12(13)14(10)17-6-4-16-5-7-17/h2-3,8,10,14,16H,4-7,9H2,1H3. The molecular weight excluding hydrogens is 292 g/mol. The minimum Gasteiger partial charge on any atom is -0.493 e. The zero-order chi connectivity index (χ0) is 12.5. The topological polar surface area (TPSA) is 24.5 Å².